The Morgan fingerprint density at radius 2 is 1.94 bits per heavy atom. The van der Waals surface area contributed by atoms with E-state index in [1.807, 2.05) is 55.5 Å². The van der Waals surface area contributed by atoms with E-state index in [0.29, 0.717) is 17.0 Å². The first-order valence-corrected chi connectivity index (χ1v) is 10.3. The van der Waals surface area contributed by atoms with E-state index in [-0.39, 0.29) is 24.4 Å². The highest BCUT2D eigenvalue weighted by molar-refractivity contribution is 6.01. The number of carbonyl (C=O) groups excluding carboxylic acids is 2. The largest absolute Gasteiger partial charge is 0.497 e. The lowest BCUT2D eigenvalue weighted by atomic mass is 10.1. The highest BCUT2D eigenvalue weighted by Crippen LogP contribution is 2.28. The van der Waals surface area contributed by atoms with Crippen molar-refractivity contribution in [2.75, 3.05) is 20.7 Å². The van der Waals surface area contributed by atoms with E-state index in [0.717, 1.165) is 29.7 Å². The van der Waals surface area contributed by atoms with Crippen LogP contribution in [0.4, 0.5) is 0 Å². The van der Waals surface area contributed by atoms with E-state index in [4.69, 9.17) is 9.84 Å². The standard InChI is InChI=1S/C24H26N4O3/c1-16-7-11-19(12-8-16)28-14-21(23(26-28)17-5-4-6-20(13-17)31-3)24(30)27(2)15-22(29)25-18-9-10-18/h4-8,11-14,18H,9-10,15H2,1-3H3,(H,25,29). The Bertz CT molecular complexity index is 1100. The van der Waals surface area contributed by atoms with Gasteiger partial charge in [0.2, 0.25) is 5.91 Å². The first-order valence-electron chi connectivity index (χ1n) is 10.3. The van der Waals surface area contributed by atoms with Crippen molar-refractivity contribution in [1.82, 2.24) is 20.0 Å². The molecule has 0 bridgehead atoms. The zero-order valence-electron chi connectivity index (χ0n) is 18.0. The second-order valence-electron chi connectivity index (χ2n) is 7.91. The third-order valence-corrected chi connectivity index (χ3v) is 5.26. The molecule has 1 aliphatic rings. The molecule has 2 aromatic carbocycles. The lowest BCUT2D eigenvalue weighted by Crippen LogP contribution is -2.39. The number of likely N-dealkylation sites (N-methyl/N-ethyl adjacent to an activating group) is 1. The van der Waals surface area contributed by atoms with E-state index in [1.165, 1.54) is 4.90 Å². The van der Waals surface area contributed by atoms with Crippen molar-refractivity contribution < 1.29 is 14.3 Å². The van der Waals surface area contributed by atoms with E-state index in [1.54, 1.807) is 25.0 Å². The fraction of sp³-hybridized carbons (Fsp3) is 0.292. The quantitative estimate of drug-likeness (QED) is 0.639. The van der Waals surface area contributed by atoms with Crippen LogP contribution in [0.5, 0.6) is 5.75 Å². The topological polar surface area (TPSA) is 76.5 Å². The van der Waals surface area contributed by atoms with Crippen molar-refractivity contribution in [3.8, 4) is 22.7 Å². The maximum Gasteiger partial charge on any atom is 0.257 e. The molecule has 2 amide bonds. The van der Waals surface area contributed by atoms with Crippen molar-refractivity contribution >= 4 is 11.8 Å². The van der Waals surface area contributed by atoms with E-state index < -0.39 is 0 Å². The molecule has 31 heavy (non-hydrogen) atoms. The van der Waals surface area contributed by atoms with Gasteiger partial charge in [-0.05, 0) is 44.0 Å². The fourth-order valence-electron chi connectivity index (χ4n) is 3.34. The number of carbonyl (C=O) groups is 2. The van der Waals surface area contributed by atoms with Crippen molar-refractivity contribution in [2.24, 2.45) is 0 Å². The monoisotopic (exact) mass is 418 g/mol. The molecule has 0 radical (unpaired) electrons. The number of benzene rings is 2. The predicted molar refractivity (Wildman–Crippen MR) is 118 cm³/mol. The third kappa shape index (κ3) is 4.77. The van der Waals surface area contributed by atoms with Gasteiger partial charge in [-0.1, -0.05) is 29.8 Å². The Kier molecular flexibility index (Phi) is 5.75. The lowest BCUT2D eigenvalue weighted by molar-refractivity contribution is -0.121. The number of nitrogens with one attached hydrogen (secondary N) is 1. The molecule has 4 rings (SSSR count). The predicted octanol–water partition coefficient (Wildman–Crippen LogP) is 3.21. The van der Waals surface area contributed by atoms with Crippen LogP contribution in [0.1, 0.15) is 28.8 Å². The minimum Gasteiger partial charge on any atom is -0.497 e. The molecule has 1 heterocycles. The number of nitrogens with zero attached hydrogens (tertiary/aromatic N) is 3. The summed E-state index contributed by atoms with van der Waals surface area (Å²) in [6, 6.07) is 15.6. The first kappa shape index (κ1) is 20.7. The smallest absolute Gasteiger partial charge is 0.257 e. The number of aromatic nitrogens is 2. The van der Waals surface area contributed by atoms with Gasteiger partial charge in [0.25, 0.3) is 5.91 Å². The molecule has 1 aliphatic carbocycles. The maximum atomic E-state index is 13.3. The van der Waals surface area contributed by atoms with Gasteiger partial charge in [0, 0.05) is 24.8 Å². The molecule has 7 heteroatoms. The van der Waals surface area contributed by atoms with Gasteiger partial charge in [0.1, 0.15) is 11.4 Å². The van der Waals surface area contributed by atoms with Gasteiger partial charge >= 0.3 is 0 Å². The fourth-order valence-corrected chi connectivity index (χ4v) is 3.34. The summed E-state index contributed by atoms with van der Waals surface area (Å²) in [5, 5.41) is 7.63. The van der Waals surface area contributed by atoms with Gasteiger partial charge in [0.05, 0.1) is 24.9 Å². The highest BCUT2D eigenvalue weighted by Gasteiger charge is 2.26. The average molecular weight is 418 g/mol. The molecule has 7 nitrogen and oxygen atoms in total. The molecular formula is C24H26N4O3. The van der Waals surface area contributed by atoms with Gasteiger partial charge in [-0.3, -0.25) is 9.59 Å². The number of aryl methyl sites for hydroxylation is 1. The molecule has 0 saturated heterocycles. The van der Waals surface area contributed by atoms with Gasteiger partial charge < -0.3 is 15.0 Å². The molecule has 3 aromatic rings. The van der Waals surface area contributed by atoms with Gasteiger partial charge in [-0.2, -0.15) is 5.10 Å². The van der Waals surface area contributed by atoms with Gasteiger partial charge in [-0.25, -0.2) is 4.68 Å². The summed E-state index contributed by atoms with van der Waals surface area (Å²) in [5.74, 6) is 0.271. The molecule has 1 fully saturated rings. The normalized spacial score (nSPS) is 13.0. The van der Waals surface area contributed by atoms with Crippen LogP contribution in [-0.4, -0.2) is 53.2 Å². The molecule has 1 N–H and O–H groups in total. The Labute approximate surface area is 181 Å². The van der Waals surface area contributed by atoms with Gasteiger partial charge in [0.15, 0.2) is 0 Å². The van der Waals surface area contributed by atoms with Crippen molar-refractivity contribution in [3.05, 3.63) is 65.9 Å². The van der Waals surface area contributed by atoms with Crippen LogP contribution in [0.15, 0.2) is 54.7 Å². The number of amides is 2. The molecule has 160 valence electrons. The average Bonchev–Trinajstić information content (AvgIpc) is 3.47. The molecule has 1 aromatic heterocycles. The molecule has 1 saturated carbocycles. The Balaban J connectivity index is 1.68. The van der Waals surface area contributed by atoms with Crippen LogP contribution in [-0.2, 0) is 4.79 Å². The number of rotatable bonds is 7. The van der Waals surface area contributed by atoms with Crippen LogP contribution in [0, 0.1) is 6.92 Å². The molecule has 0 spiro atoms. The second-order valence-corrected chi connectivity index (χ2v) is 7.91. The zero-order chi connectivity index (χ0) is 22.0. The molecular weight excluding hydrogens is 392 g/mol. The minimum absolute atomic E-state index is 0.00258. The summed E-state index contributed by atoms with van der Waals surface area (Å²) in [4.78, 5) is 26.9. The molecule has 0 aliphatic heterocycles. The number of ether oxygens (including phenoxy) is 1. The Morgan fingerprint density at radius 3 is 2.61 bits per heavy atom. The van der Waals surface area contributed by atoms with E-state index in [2.05, 4.69) is 5.32 Å². The summed E-state index contributed by atoms with van der Waals surface area (Å²) in [7, 11) is 3.23. The Morgan fingerprint density at radius 1 is 1.19 bits per heavy atom. The van der Waals surface area contributed by atoms with Crippen molar-refractivity contribution in [2.45, 2.75) is 25.8 Å². The lowest BCUT2D eigenvalue weighted by Gasteiger charge is -2.16. The Hall–Kier alpha value is -3.61. The van der Waals surface area contributed by atoms with E-state index in [9.17, 15) is 9.59 Å². The van der Waals surface area contributed by atoms with Crippen molar-refractivity contribution in [1.29, 1.82) is 0 Å². The first-order chi connectivity index (χ1) is 14.9. The summed E-state index contributed by atoms with van der Waals surface area (Å²) >= 11 is 0. The summed E-state index contributed by atoms with van der Waals surface area (Å²) in [6.07, 6.45) is 3.73. The van der Waals surface area contributed by atoms with Crippen LogP contribution in [0.3, 0.4) is 0 Å². The van der Waals surface area contributed by atoms with Crippen molar-refractivity contribution in [3.63, 3.8) is 0 Å². The maximum absolute atomic E-state index is 13.3. The summed E-state index contributed by atoms with van der Waals surface area (Å²) in [5.41, 5.74) is 3.73. The van der Waals surface area contributed by atoms with Crippen LogP contribution in [0.25, 0.3) is 16.9 Å². The van der Waals surface area contributed by atoms with Crippen LogP contribution in [0.2, 0.25) is 0 Å². The molecule has 0 unspecified atom stereocenters. The minimum atomic E-state index is -0.262. The number of hydrogen-bond donors (Lipinski definition) is 1. The van der Waals surface area contributed by atoms with E-state index >= 15 is 0 Å². The highest BCUT2D eigenvalue weighted by atomic mass is 16.5. The van der Waals surface area contributed by atoms with Gasteiger partial charge in [-0.15, -0.1) is 0 Å². The third-order valence-electron chi connectivity index (χ3n) is 5.26. The summed E-state index contributed by atoms with van der Waals surface area (Å²) < 4.78 is 7.04. The number of methoxy groups -OCH3 is 1. The second kappa shape index (κ2) is 8.63. The number of hydrogen-bond acceptors (Lipinski definition) is 4. The SMILES string of the molecule is COc1cccc(-c2nn(-c3ccc(C)cc3)cc2C(=O)N(C)CC(=O)NC2CC2)c1. The molecule has 0 atom stereocenters. The van der Waals surface area contributed by atoms with Crippen LogP contribution < -0.4 is 10.1 Å². The van der Waals surface area contributed by atoms with Crippen LogP contribution >= 0.6 is 0 Å². The zero-order valence-corrected chi connectivity index (χ0v) is 18.0. The summed E-state index contributed by atoms with van der Waals surface area (Å²) in [6.45, 7) is 2.02.